The SMILES string of the molecule is Cn1nnnc1[C@@]1(C)C[C@H]2CCCC[C@H]2[C@@H]1/C=C/c1ccc(-c2cccc(F)c2)cn1. The second kappa shape index (κ2) is 7.98. The quantitative estimate of drug-likeness (QED) is 0.585. The summed E-state index contributed by atoms with van der Waals surface area (Å²) in [6.45, 7) is 2.33. The van der Waals surface area contributed by atoms with Gasteiger partial charge in [-0.25, -0.2) is 9.07 Å². The maximum absolute atomic E-state index is 13.5. The Balaban J connectivity index is 1.43. The highest BCUT2D eigenvalue weighted by Gasteiger charge is 2.52. The molecule has 0 amide bonds. The van der Waals surface area contributed by atoms with Crippen LogP contribution in [-0.4, -0.2) is 25.2 Å². The molecule has 4 atom stereocenters. The highest BCUT2D eigenvalue weighted by Crippen LogP contribution is 2.56. The standard InChI is InChI=1S/C25H28FN5/c1-25(24-28-29-30-31(24)2)15-18-6-3-4-9-22(18)23(25)13-12-21-11-10-19(16-27-21)17-7-5-8-20(26)14-17/h5,7-8,10-14,16,18,22-23H,3-4,6,9,15H2,1-2H3/b13-12+/t18-,22-,23+,25+/m1/s1. The van der Waals surface area contributed by atoms with E-state index in [1.54, 1.807) is 6.07 Å². The smallest absolute Gasteiger partial charge is 0.157 e. The molecule has 5 nitrogen and oxygen atoms in total. The molecule has 0 N–H and O–H groups in total. The van der Waals surface area contributed by atoms with E-state index in [9.17, 15) is 4.39 Å². The van der Waals surface area contributed by atoms with E-state index in [1.165, 1.54) is 37.8 Å². The predicted octanol–water partition coefficient (Wildman–Crippen LogP) is 5.21. The Morgan fingerprint density at radius 3 is 2.74 bits per heavy atom. The number of aryl methyl sites for hydroxylation is 1. The molecule has 160 valence electrons. The molecule has 0 aliphatic heterocycles. The molecule has 2 aliphatic rings. The van der Waals surface area contributed by atoms with Gasteiger partial charge in [0.25, 0.3) is 0 Å². The van der Waals surface area contributed by atoms with Crippen LogP contribution in [-0.2, 0) is 12.5 Å². The molecule has 2 aromatic heterocycles. The van der Waals surface area contributed by atoms with Crippen LogP contribution in [0, 0.1) is 23.6 Å². The van der Waals surface area contributed by atoms with E-state index in [0.717, 1.165) is 35.0 Å². The lowest BCUT2D eigenvalue weighted by atomic mass is 9.73. The summed E-state index contributed by atoms with van der Waals surface area (Å²) < 4.78 is 15.4. The Morgan fingerprint density at radius 1 is 1.13 bits per heavy atom. The highest BCUT2D eigenvalue weighted by molar-refractivity contribution is 5.63. The molecule has 3 aromatic rings. The predicted molar refractivity (Wildman–Crippen MR) is 118 cm³/mol. The number of aromatic nitrogens is 5. The average Bonchev–Trinajstić information content (AvgIpc) is 3.33. The molecule has 2 aliphatic carbocycles. The number of hydrogen-bond donors (Lipinski definition) is 0. The normalized spacial score (nSPS) is 28.2. The van der Waals surface area contributed by atoms with Crippen molar-refractivity contribution in [3.8, 4) is 11.1 Å². The summed E-state index contributed by atoms with van der Waals surface area (Å²) in [4.78, 5) is 4.62. The Morgan fingerprint density at radius 2 is 2.00 bits per heavy atom. The summed E-state index contributed by atoms with van der Waals surface area (Å²) in [7, 11) is 1.94. The number of hydrogen-bond acceptors (Lipinski definition) is 4. The first-order chi connectivity index (χ1) is 15.0. The molecule has 6 heteroatoms. The maximum atomic E-state index is 13.5. The zero-order valence-electron chi connectivity index (χ0n) is 18.1. The van der Waals surface area contributed by atoms with Crippen LogP contribution >= 0.6 is 0 Å². The molecular formula is C25H28FN5. The van der Waals surface area contributed by atoms with Crippen molar-refractivity contribution in [2.75, 3.05) is 0 Å². The summed E-state index contributed by atoms with van der Waals surface area (Å²) in [6, 6.07) is 10.6. The lowest BCUT2D eigenvalue weighted by molar-refractivity contribution is 0.242. The minimum atomic E-state index is -0.234. The first-order valence-electron chi connectivity index (χ1n) is 11.2. The highest BCUT2D eigenvalue weighted by atomic mass is 19.1. The molecule has 2 fully saturated rings. The van der Waals surface area contributed by atoms with E-state index in [1.807, 2.05) is 36.1 Å². The van der Waals surface area contributed by atoms with Gasteiger partial charge in [-0.1, -0.05) is 50.5 Å². The zero-order chi connectivity index (χ0) is 21.4. The van der Waals surface area contributed by atoms with Gasteiger partial charge in [-0.05, 0) is 70.9 Å². The number of nitrogens with zero attached hydrogens (tertiary/aromatic N) is 5. The third-order valence-corrected chi connectivity index (χ3v) is 7.40. The van der Waals surface area contributed by atoms with Crippen LogP contribution in [0.4, 0.5) is 4.39 Å². The molecule has 5 rings (SSSR count). The fourth-order valence-electron chi connectivity index (χ4n) is 5.97. The second-order valence-electron chi connectivity index (χ2n) is 9.32. The molecular weight excluding hydrogens is 389 g/mol. The van der Waals surface area contributed by atoms with E-state index >= 15 is 0 Å². The van der Waals surface area contributed by atoms with Gasteiger partial charge in [-0.2, -0.15) is 0 Å². The number of benzene rings is 1. The second-order valence-corrected chi connectivity index (χ2v) is 9.32. The van der Waals surface area contributed by atoms with Gasteiger partial charge in [-0.3, -0.25) is 4.98 Å². The van der Waals surface area contributed by atoms with Crippen molar-refractivity contribution >= 4 is 6.08 Å². The summed E-state index contributed by atoms with van der Waals surface area (Å²) in [5.74, 6) is 2.52. The lowest BCUT2D eigenvalue weighted by Gasteiger charge is -2.32. The van der Waals surface area contributed by atoms with Crippen LogP contribution in [0.2, 0.25) is 0 Å². The molecule has 0 unspecified atom stereocenters. The summed E-state index contributed by atoms with van der Waals surface area (Å²) >= 11 is 0. The number of pyridine rings is 1. The van der Waals surface area contributed by atoms with Crippen molar-refractivity contribution in [1.29, 1.82) is 0 Å². The van der Waals surface area contributed by atoms with Crippen molar-refractivity contribution < 1.29 is 4.39 Å². The average molecular weight is 418 g/mol. The maximum Gasteiger partial charge on any atom is 0.157 e. The van der Waals surface area contributed by atoms with Gasteiger partial charge in [0, 0.05) is 24.2 Å². The lowest BCUT2D eigenvalue weighted by Crippen LogP contribution is -2.32. The van der Waals surface area contributed by atoms with Gasteiger partial charge in [0.1, 0.15) is 5.82 Å². The molecule has 0 bridgehead atoms. The Labute approximate surface area is 182 Å². The number of halogens is 1. The van der Waals surface area contributed by atoms with Gasteiger partial charge >= 0.3 is 0 Å². The van der Waals surface area contributed by atoms with Crippen LogP contribution < -0.4 is 0 Å². The van der Waals surface area contributed by atoms with Crippen molar-refractivity contribution in [3.05, 3.63) is 66.0 Å². The Bertz CT molecular complexity index is 1090. The largest absolute Gasteiger partial charge is 0.256 e. The van der Waals surface area contributed by atoms with E-state index in [0.29, 0.717) is 11.8 Å². The van der Waals surface area contributed by atoms with Crippen LogP contribution in [0.5, 0.6) is 0 Å². The molecule has 2 heterocycles. The minimum Gasteiger partial charge on any atom is -0.256 e. The van der Waals surface area contributed by atoms with Gasteiger partial charge in [0.05, 0.1) is 5.69 Å². The van der Waals surface area contributed by atoms with Crippen LogP contribution in [0.15, 0.2) is 48.7 Å². The van der Waals surface area contributed by atoms with Crippen molar-refractivity contribution in [1.82, 2.24) is 25.2 Å². The van der Waals surface area contributed by atoms with Gasteiger partial charge in [0.15, 0.2) is 5.82 Å². The van der Waals surface area contributed by atoms with E-state index < -0.39 is 0 Å². The number of tetrazole rings is 1. The summed E-state index contributed by atoms with van der Waals surface area (Å²) in [6.07, 6.45) is 12.6. The topological polar surface area (TPSA) is 56.5 Å². The Kier molecular flexibility index (Phi) is 5.16. The molecule has 0 spiro atoms. The van der Waals surface area contributed by atoms with Gasteiger partial charge in [0.2, 0.25) is 0 Å². The third kappa shape index (κ3) is 3.68. The molecule has 1 aromatic carbocycles. The first kappa shape index (κ1) is 20.0. The van der Waals surface area contributed by atoms with E-state index in [2.05, 4.69) is 39.6 Å². The minimum absolute atomic E-state index is 0.0735. The first-order valence-corrected chi connectivity index (χ1v) is 11.2. The van der Waals surface area contributed by atoms with Crippen molar-refractivity contribution in [3.63, 3.8) is 0 Å². The van der Waals surface area contributed by atoms with Crippen molar-refractivity contribution in [2.24, 2.45) is 24.8 Å². The number of fused-ring (bicyclic) bond motifs is 1. The molecule has 0 saturated heterocycles. The van der Waals surface area contributed by atoms with Gasteiger partial charge < -0.3 is 0 Å². The zero-order valence-corrected chi connectivity index (χ0v) is 18.1. The van der Waals surface area contributed by atoms with Crippen LogP contribution in [0.25, 0.3) is 17.2 Å². The summed E-state index contributed by atoms with van der Waals surface area (Å²) in [5, 5.41) is 12.4. The third-order valence-electron chi connectivity index (χ3n) is 7.40. The van der Waals surface area contributed by atoms with Crippen LogP contribution in [0.1, 0.15) is 50.5 Å². The summed E-state index contributed by atoms with van der Waals surface area (Å²) in [5.41, 5.74) is 2.60. The number of rotatable bonds is 4. The van der Waals surface area contributed by atoms with Crippen LogP contribution in [0.3, 0.4) is 0 Å². The van der Waals surface area contributed by atoms with E-state index in [4.69, 9.17) is 0 Å². The van der Waals surface area contributed by atoms with E-state index in [-0.39, 0.29) is 11.2 Å². The van der Waals surface area contributed by atoms with Crippen molar-refractivity contribution in [2.45, 2.75) is 44.4 Å². The fourth-order valence-corrected chi connectivity index (χ4v) is 5.97. The monoisotopic (exact) mass is 417 g/mol. The Hall–Kier alpha value is -2.89. The van der Waals surface area contributed by atoms with Gasteiger partial charge in [-0.15, -0.1) is 5.10 Å². The fraction of sp³-hybridized carbons (Fsp3) is 0.440. The molecule has 31 heavy (non-hydrogen) atoms. The molecule has 0 radical (unpaired) electrons. The molecule has 2 saturated carbocycles. The number of allylic oxidation sites excluding steroid dienone is 1.